The molecule has 2 aromatic rings. The normalized spacial score (nSPS) is 12.4. The number of esters is 1. The zero-order valence-corrected chi connectivity index (χ0v) is 22.3. The molecule has 0 heterocycles. The Hall–Kier alpha value is -2.64. The third-order valence-corrected chi connectivity index (χ3v) is 6.55. The molecule has 0 bridgehead atoms. The van der Waals surface area contributed by atoms with Crippen LogP contribution in [-0.4, -0.2) is 25.4 Å². The molecule has 0 aliphatic heterocycles. The highest BCUT2D eigenvalue weighted by Gasteiger charge is 2.38. The zero-order valence-electron chi connectivity index (χ0n) is 22.3. The Kier molecular flexibility index (Phi) is 13.6. The lowest BCUT2D eigenvalue weighted by molar-refractivity contribution is -0.180. The predicted octanol–water partition coefficient (Wildman–Crippen LogP) is 9.68. The van der Waals surface area contributed by atoms with Gasteiger partial charge in [-0.2, -0.15) is 17.6 Å². The van der Waals surface area contributed by atoms with Gasteiger partial charge in [0.15, 0.2) is 11.6 Å². The van der Waals surface area contributed by atoms with Gasteiger partial charge in [0.2, 0.25) is 5.82 Å². The summed E-state index contributed by atoms with van der Waals surface area (Å²) in [6.07, 6.45) is 3.49. The van der Waals surface area contributed by atoms with Crippen molar-refractivity contribution in [1.29, 1.82) is 0 Å². The number of benzene rings is 2. The number of hydrogen-bond acceptors (Lipinski definition) is 3. The Labute approximate surface area is 222 Å². The second kappa shape index (κ2) is 16.4. The third kappa shape index (κ3) is 10.3. The van der Waals surface area contributed by atoms with Gasteiger partial charge in [-0.05, 0) is 49.1 Å². The summed E-state index contributed by atoms with van der Waals surface area (Å²) >= 11 is 0. The van der Waals surface area contributed by atoms with Crippen LogP contribution in [0.3, 0.4) is 0 Å². The van der Waals surface area contributed by atoms with E-state index in [-0.39, 0.29) is 36.3 Å². The number of alkyl halides is 3. The van der Waals surface area contributed by atoms with Crippen LogP contribution in [0.4, 0.5) is 22.0 Å². The van der Waals surface area contributed by atoms with Crippen molar-refractivity contribution >= 4 is 5.97 Å². The number of carbonyl (C=O) groups excluding carboxylic acids is 1. The minimum atomic E-state index is -4.34. The van der Waals surface area contributed by atoms with E-state index in [1.165, 1.54) is 36.4 Å². The van der Waals surface area contributed by atoms with E-state index in [1.54, 1.807) is 0 Å². The molecule has 2 aromatic carbocycles. The summed E-state index contributed by atoms with van der Waals surface area (Å²) in [6.45, 7) is 4.06. The molecule has 8 heteroatoms. The first-order chi connectivity index (χ1) is 18.2. The van der Waals surface area contributed by atoms with Crippen LogP contribution in [0, 0.1) is 17.6 Å². The van der Waals surface area contributed by atoms with Crippen LogP contribution in [0.2, 0.25) is 0 Å². The number of carbonyl (C=O) groups is 1. The minimum absolute atomic E-state index is 0.00815. The first-order valence-corrected chi connectivity index (χ1v) is 13.6. The summed E-state index contributed by atoms with van der Waals surface area (Å²) in [6, 6.07) is 8.42. The third-order valence-electron chi connectivity index (χ3n) is 6.55. The SMILES string of the molecule is CCCCCCCOc1ccc(-c2ccc(C(=O)OCCC(CCCCCC)C(F)(F)F)cc2)c(F)c1F. The van der Waals surface area contributed by atoms with Crippen LogP contribution in [0.5, 0.6) is 5.75 Å². The number of rotatable bonds is 17. The van der Waals surface area contributed by atoms with Gasteiger partial charge in [-0.3, -0.25) is 0 Å². The molecule has 1 unspecified atom stereocenters. The first kappa shape index (κ1) is 31.6. The maximum absolute atomic E-state index is 14.7. The molecule has 3 nitrogen and oxygen atoms in total. The van der Waals surface area contributed by atoms with Crippen LogP contribution in [-0.2, 0) is 4.74 Å². The summed E-state index contributed by atoms with van der Waals surface area (Å²) in [5.41, 5.74) is 0.464. The summed E-state index contributed by atoms with van der Waals surface area (Å²) in [5.74, 6) is -4.56. The van der Waals surface area contributed by atoms with E-state index in [9.17, 15) is 26.7 Å². The summed E-state index contributed by atoms with van der Waals surface area (Å²) < 4.78 is 79.6. The van der Waals surface area contributed by atoms with Crippen LogP contribution in [0.15, 0.2) is 36.4 Å². The molecule has 1 atom stereocenters. The second-order valence-electron chi connectivity index (χ2n) is 9.59. The quantitative estimate of drug-likeness (QED) is 0.113. The fourth-order valence-corrected chi connectivity index (χ4v) is 4.21. The maximum atomic E-state index is 14.7. The second-order valence-corrected chi connectivity index (χ2v) is 9.59. The van der Waals surface area contributed by atoms with Gasteiger partial charge >= 0.3 is 12.1 Å². The lowest BCUT2D eigenvalue weighted by Gasteiger charge is -2.20. The van der Waals surface area contributed by atoms with Crippen LogP contribution < -0.4 is 4.74 Å². The molecule has 38 heavy (non-hydrogen) atoms. The van der Waals surface area contributed by atoms with Crippen molar-refractivity contribution in [2.45, 2.75) is 90.7 Å². The van der Waals surface area contributed by atoms with Gasteiger partial charge in [0.05, 0.1) is 24.7 Å². The highest BCUT2D eigenvalue weighted by molar-refractivity contribution is 5.90. The molecule has 0 aliphatic carbocycles. The largest absolute Gasteiger partial charge is 0.490 e. The Balaban J connectivity index is 1.91. The van der Waals surface area contributed by atoms with Crippen molar-refractivity contribution in [2.24, 2.45) is 5.92 Å². The van der Waals surface area contributed by atoms with Gasteiger partial charge in [0.25, 0.3) is 0 Å². The van der Waals surface area contributed by atoms with Gasteiger partial charge < -0.3 is 9.47 Å². The molecule has 0 fully saturated rings. The molecule has 2 rings (SSSR count). The van der Waals surface area contributed by atoms with E-state index < -0.39 is 29.7 Å². The van der Waals surface area contributed by atoms with E-state index in [2.05, 4.69) is 6.92 Å². The zero-order chi connectivity index (χ0) is 28.0. The molecule has 0 saturated carbocycles. The highest BCUT2D eigenvalue weighted by atomic mass is 19.4. The van der Waals surface area contributed by atoms with E-state index in [0.29, 0.717) is 18.6 Å². The molecule has 0 spiro atoms. The number of hydrogen-bond donors (Lipinski definition) is 0. The van der Waals surface area contributed by atoms with Gasteiger partial charge in [-0.1, -0.05) is 77.3 Å². The fraction of sp³-hybridized carbons (Fsp3) is 0.567. The van der Waals surface area contributed by atoms with Gasteiger partial charge in [0, 0.05) is 5.56 Å². The van der Waals surface area contributed by atoms with E-state index in [1.807, 2.05) is 6.92 Å². The van der Waals surface area contributed by atoms with Crippen molar-refractivity contribution < 1.29 is 36.2 Å². The average molecular weight is 543 g/mol. The van der Waals surface area contributed by atoms with Crippen molar-refractivity contribution in [3.05, 3.63) is 53.6 Å². The van der Waals surface area contributed by atoms with Gasteiger partial charge in [-0.25, -0.2) is 9.18 Å². The first-order valence-electron chi connectivity index (χ1n) is 13.6. The lowest BCUT2D eigenvalue weighted by atomic mass is 9.97. The molecule has 0 aliphatic rings. The smallest absolute Gasteiger partial charge is 0.391 e. The fourth-order valence-electron chi connectivity index (χ4n) is 4.21. The molecule has 212 valence electrons. The van der Waals surface area contributed by atoms with Gasteiger partial charge in [0.1, 0.15) is 0 Å². The summed E-state index contributed by atoms with van der Waals surface area (Å²) in [4.78, 5) is 12.3. The molecule has 0 N–H and O–H groups in total. The summed E-state index contributed by atoms with van der Waals surface area (Å²) in [5, 5.41) is 0. The topological polar surface area (TPSA) is 35.5 Å². The van der Waals surface area contributed by atoms with Crippen molar-refractivity contribution in [3.8, 4) is 16.9 Å². The molecule has 0 radical (unpaired) electrons. The Morgan fingerprint density at radius 3 is 2.03 bits per heavy atom. The van der Waals surface area contributed by atoms with Gasteiger partial charge in [-0.15, -0.1) is 0 Å². The predicted molar refractivity (Wildman–Crippen MR) is 139 cm³/mol. The molecule has 0 saturated heterocycles. The van der Waals surface area contributed by atoms with Crippen LogP contribution in [0.25, 0.3) is 11.1 Å². The van der Waals surface area contributed by atoms with Crippen LogP contribution >= 0.6 is 0 Å². The maximum Gasteiger partial charge on any atom is 0.391 e. The average Bonchev–Trinajstić information content (AvgIpc) is 2.89. The lowest BCUT2D eigenvalue weighted by Crippen LogP contribution is -2.25. The molecule has 0 aromatic heterocycles. The highest BCUT2D eigenvalue weighted by Crippen LogP contribution is 2.33. The summed E-state index contributed by atoms with van der Waals surface area (Å²) in [7, 11) is 0. The van der Waals surface area contributed by atoms with E-state index >= 15 is 0 Å². The minimum Gasteiger partial charge on any atom is -0.490 e. The number of halogens is 5. The van der Waals surface area contributed by atoms with Crippen molar-refractivity contribution in [3.63, 3.8) is 0 Å². The number of ether oxygens (including phenoxy) is 2. The molecular formula is C30H39F5O3. The Bertz CT molecular complexity index is 973. The van der Waals surface area contributed by atoms with Crippen LogP contribution in [0.1, 0.15) is 94.8 Å². The Morgan fingerprint density at radius 1 is 0.763 bits per heavy atom. The van der Waals surface area contributed by atoms with E-state index in [4.69, 9.17) is 9.47 Å². The molecular weight excluding hydrogens is 503 g/mol. The monoisotopic (exact) mass is 542 g/mol. The Morgan fingerprint density at radius 2 is 1.39 bits per heavy atom. The standard InChI is InChI=1S/C30H39F5O3/c1-3-5-7-9-11-20-37-26-18-17-25(27(31)28(26)32)22-13-15-23(16-14-22)29(36)38-21-19-24(30(33,34)35)12-10-8-6-4-2/h13-18,24H,3-12,19-21H2,1-2H3. The number of unbranched alkanes of at least 4 members (excludes halogenated alkanes) is 7. The van der Waals surface area contributed by atoms with Crippen molar-refractivity contribution in [1.82, 2.24) is 0 Å². The van der Waals surface area contributed by atoms with Crippen molar-refractivity contribution in [2.75, 3.05) is 13.2 Å². The van der Waals surface area contributed by atoms with E-state index in [0.717, 1.165) is 51.4 Å². The molecule has 0 amide bonds.